The number of hydrogen-bond donors (Lipinski definition) is 2. The zero-order valence-electron chi connectivity index (χ0n) is 18.0. The van der Waals surface area contributed by atoms with Gasteiger partial charge in [0.25, 0.3) is 0 Å². The number of anilines is 1. The second-order valence-corrected chi connectivity index (χ2v) is 10.1. The molecule has 31 heavy (non-hydrogen) atoms. The highest BCUT2D eigenvalue weighted by Crippen LogP contribution is 2.41. The molecular formula is C23H28FN3O3S. The Morgan fingerprint density at radius 2 is 2.00 bits per heavy atom. The number of nitrogens with one attached hydrogen (secondary N) is 2. The van der Waals surface area contributed by atoms with Crippen molar-refractivity contribution in [2.24, 2.45) is 0 Å². The van der Waals surface area contributed by atoms with Gasteiger partial charge in [0.2, 0.25) is 10.0 Å². The largest absolute Gasteiger partial charge is 0.456 e. The van der Waals surface area contributed by atoms with Gasteiger partial charge in [0, 0.05) is 42.7 Å². The van der Waals surface area contributed by atoms with Crippen LogP contribution >= 0.6 is 0 Å². The van der Waals surface area contributed by atoms with E-state index in [0.717, 1.165) is 48.0 Å². The summed E-state index contributed by atoms with van der Waals surface area (Å²) >= 11 is 0. The van der Waals surface area contributed by atoms with Gasteiger partial charge in [-0.05, 0) is 68.2 Å². The van der Waals surface area contributed by atoms with Crippen molar-refractivity contribution in [1.82, 2.24) is 10.6 Å². The molecule has 1 aliphatic heterocycles. The van der Waals surface area contributed by atoms with Crippen LogP contribution in [0.15, 0.2) is 40.8 Å². The maximum Gasteiger partial charge on any atom is 0.232 e. The predicted octanol–water partition coefficient (Wildman–Crippen LogP) is 3.82. The van der Waals surface area contributed by atoms with Crippen LogP contribution in [0.2, 0.25) is 0 Å². The lowest BCUT2D eigenvalue weighted by Gasteiger charge is -2.28. The molecule has 1 aliphatic rings. The van der Waals surface area contributed by atoms with Crippen molar-refractivity contribution >= 4 is 26.7 Å². The zero-order valence-corrected chi connectivity index (χ0v) is 18.9. The van der Waals surface area contributed by atoms with E-state index >= 15 is 0 Å². The topological polar surface area (TPSA) is 74.6 Å². The minimum atomic E-state index is -3.44. The van der Waals surface area contributed by atoms with Crippen LogP contribution in [-0.2, 0) is 16.6 Å². The Balaban J connectivity index is 1.95. The maximum atomic E-state index is 13.5. The number of piperidine rings is 1. The zero-order chi connectivity index (χ0) is 22.2. The number of benzene rings is 2. The number of rotatable bonds is 6. The lowest BCUT2D eigenvalue weighted by molar-refractivity contribution is 0.462. The van der Waals surface area contributed by atoms with Crippen molar-refractivity contribution in [2.75, 3.05) is 37.7 Å². The minimum absolute atomic E-state index is 0.212. The normalized spacial score (nSPS) is 17.2. The lowest BCUT2D eigenvalue weighted by atomic mass is 9.89. The monoisotopic (exact) mass is 445 g/mol. The number of sulfonamides is 1. The van der Waals surface area contributed by atoms with E-state index in [1.807, 2.05) is 13.1 Å². The fourth-order valence-electron chi connectivity index (χ4n) is 4.28. The van der Waals surface area contributed by atoms with Gasteiger partial charge in [-0.25, -0.2) is 12.8 Å². The molecular weight excluding hydrogens is 417 g/mol. The molecule has 6 nitrogen and oxygen atoms in total. The molecule has 1 atom stereocenters. The first-order chi connectivity index (χ1) is 14.8. The van der Waals surface area contributed by atoms with Crippen molar-refractivity contribution < 1.29 is 17.2 Å². The van der Waals surface area contributed by atoms with Crippen LogP contribution < -0.4 is 14.9 Å². The summed E-state index contributed by atoms with van der Waals surface area (Å²) in [7, 11) is 0.00517. The third-order valence-corrected chi connectivity index (χ3v) is 7.17. The summed E-state index contributed by atoms with van der Waals surface area (Å²) in [6, 6.07) is 10.1. The van der Waals surface area contributed by atoms with Crippen LogP contribution in [0, 0.1) is 5.82 Å². The summed E-state index contributed by atoms with van der Waals surface area (Å²) in [5.74, 6) is 0.569. The smallest absolute Gasteiger partial charge is 0.232 e. The van der Waals surface area contributed by atoms with Gasteiger partial charge in [-0.2, -0.15) is 0 Å². The Hall–Kier alpha value is -2.42. The number of halogens is 1. The van der Waals surface area contributed by atoms with E-state index in [2.05, 4.69) is 16.7 Å². The Labute approximate surface area is 182 Å². The Kier molecular flexibility index (Phi) is 6.05. The van der Waals surface area contributed by atoms with E-state index in [9.17, 15) is 12.8 Å². The number of fused-ring (bicyclic) bond motifs is 1. The highest BCUT2D eigenvalue weighted by molar-refractivity contribution is 7.92. The molecule has 0 amide bonds. The average molecular weight is 446 g/mol. The molecule has 166 valence electrons. The van der Waals surface area contributed by atoms with Crippen LogP contribution in [0.1, 0.15) is 29.9 Å². The van der Waals surface area contributed by atoms with Gasteiger partial charge in [0.05, 0.1) is 11.9 Å². The predicted molar refractivity (Wildman–Crippen MR) is 122 cm³/mol. The number of nitrogens with zero attached hydrogens (tertiary/aromatic N) is 1. The molecule has 0 radical (unpaired) electrons. The van der Waals surface area contributed by atoms with Crippen LogP contribution in [-0.4, -0.2) is 41.9 Å². The second kappa shape index (κ2) is 8.61. The molecule has 8 heteroatoms. The Morgan fingerprint density at radius 3 is 2.61 bits per heavy atom. The molecule has 1 saturated heterocycles. The molecule has 0 spiro atoms. The highest BCUT2D eigenvalue weighted by Gasteiger charge is 2.26. The van der Waals surface area contributed by atoms with E-state index in [4.69, 9.17) is 4.42 Å². The average Bonchev–Trinajstić information content (AvgIpc) is 3.10. The molecule has 0 bridgehead atoms. The van der Waals surface area contributed by atoms with E-state index in [1.165, 1.54) is 22.7 Å². The van der Waals surface area contributed by atoms with E-state index in [1.54, 1.807) is 19.2 Å². The van der Waals surface area contributed by atoms with Gasteiger partial charge in [0.1, 0.15) is 17.2 Å². The molecule has 1 unspecified atom stereocenters. The first kappa shape index (κ1) is 21.8. The second-order valence-electron chi connectivity index (χ2n) is 8.13. The summed E-state index contributed by atoms with van der Waals surface area (Å²) < 4.78 is 45.7. The summed E-state index contributed by atoms with van der Waals surface area (Å²) in [6.45, 7) is 2.35. The van der Waals surface area contributed by atoms with Crippen LogP contribution in [0.5, 0.6) is 0 Å². The van der Waals surface area contributed by atoms with E-state index in [0.29, 0.717) is 23.6 Å². The quantitative estimate of drug-likeness (QED) is 0.603. The van der Waals surface area contributed by atoms with Crippen molar-refractivity contribution in [3.63, 3.8) is 0 Å². The summed E-state index contributed by atoms with van der Waals surface area (Å²) in [6.07, 6.45) is 3.24. The highest BCUT2D eigenvalue weighted by atomic mass is 32.2. The molecule has 2 heterocycles. The molecule has 4 rings (SSSR count). The molecule has 1 fully saturated rings. The first-order valence-corrected chi connectivity index (χ1v) is 12.3. The fourth-order valence-corrected chi connectivity index (χ4v) is 4.80. The van der Waals surface area contributed by atoms with E-state index in [-0.39, 0.29) is 11.7 Å². The fraction of sp³-hybridized carbons (Fsp3) is 0.391. The third-order valence-electron chi connectivity index (χ3n) is 5.97. The van der Waals surface area contributed by atoms with Crippen molar-refractivity contribution in [2.45, 2.75) is 25.3 Å². The molecule has 1 aromatic heterocycles. The Morgan fingerprint density at radius 1 is 1.26 bits per heavy atom. The van der Waals surface area contributed by atoms with Crippen LogP contribution in [0.3, 0.4) is 0 Å². The van der Waals surface area contributed by atoms with Crippen molar-refractivity contribution in [1.29, 1.82) is 0 Å². The lowest BCUT2D eigenvalue weighted by Crippen LogP contribution is -2.31. The van der Waals surface area contributed by atoms with Crippen molar-refractivity contribution in [3.05, 3.63) is 53.3 Å². The van der Waals surface area contributed by atoms with Gasteiger partial charge in [-0.3, -0.25) is 4.31 Å². The summed E-state index contributed by atoms with van der Waals surface area (Å²) in [4.78, 5) is 0. The van der Waals surface area contributed by atoms with Crippen LogP contribution in [0.25, 0.3) is 22.3 Å². The summed E-state index contributed by atoms with van der Waals surface area (Å²) in [5.41, 5.74) is 4.00. The number of hydrogen-bond acceptors (Lipinski definition) is 5. The molecule has 2 aromatic carbocycles. The summed E-state index contributed by atoms with van der Waals surface area (Å²) in [5, 5.41) is 7.56. The van der Waals surface area contributed by atoms with Crippen LogP contribution in [0.4, 0.5) is 10.1 Å². The minimum Gasteiger partial charge on any atom is -0.456 e. The number of furan rings is 1. The maximum absolute atomic E-state index is 13.5. The molecule has 0 aliphatic carbocycles. The van der Waals surface area contributed by atoms with Gasteiger partial charge < -0.3 is 15.1 Å². The van der Waals surface area contributed by atoms with Gasteiger partial charge in [-0.15, -0.1) is 0 Å². The third kappa shape index (κ3) is 4.33. The standard InChI is InChI=1S/C23H28FN3O3S/c1-25-14-20-19-11-18(16-5-4-10-26-13-16)21(27(2)31(3,28)29)12-22(19)30-23(20)15-6-8-17(24)9-7-15/h6-9,11-12,16,25-26H,4-5,10,13-14H2,1-3H3. The van der Waals surface area contributed by atoms with Gasteiger partial charge >= 0.3 is 0 Å². The molecule has 3 aromatic rings. The molecule has 0 saturated carbocycles. The van der Waals surface area contributed by atoms with Crippen molar-refractivity contribution in [3.8, 4) is 11.3 Å². The van der Waals surface area contributed by atoms with Gasteiger partial charge in [0.15, 0.2) is 0 Å². The SMILES string of the molecule is CNCc1c(-c2ccc(F)cc2)oc2cc(N(C)S(C)(=O)=O)c(C3CCCNC3)cc12. The van der Waals surface area contributed by atoms with Gasteiger partial charge in [-0.1, -0.05) is 0 Å². The first-order valence-electron chi connectivity index (χ1n) is 10.4. The molecule has 2 N–H and O–H groups in total. The van der Waals surface area contributed by atoms with E-state index < -0.39 is 10.0 Å². The Bertz CT molecular complexity index is 1180.